The minimum atomic E-state index is -0.528. The van der Waals surface area contributed by atoms with Gasteiger partial charge in [-0.25, -0.2) is 5.43 Å². The third-order valence-electron chi connectivity index (χ3n) is 2.81. The van der Waals surface area contributed by atoms with E-state index in [4.69, 9.17) is 4.74 Å². The molecule has 7 nitrogen and oxygen atoms in total. The molecule has 1 aromatic carbocycles. The zero-order chi connectivity index (χ0) is 15.7. The van der Waals surface area contributed by atoms with Crippen LogP contribution < -0.4 is 10.2 Å². The van der Waals surface area contributed by atoms with Gasteiger partial charge in [-0.3, -0.25) is 14.9 Å². The lowest BCUT2D eigenvalue weighted by molar-refractivity contribution is -0.385. The van der Waals surface area contributed by atoms with Gasteiger partial charge in [0.05, 0.1) is 18.2 Å². The van der Waals surface area contributed by atoms with Gasteiger partial charge in [-0.1, -0.05) is 19.8 Å². The number of hydrogen-bond acceptors (Lipinski definition) is 5. The van der Waals surface area contributed by atoms with Crippen molar-refractivity contribution in [2.45, 2.75) is 32.6 Å². The standard InChI is InChI=1S/C14H19N3O4/c1-3-4-5-6-14(18)16-15-10-11-7-8-13(21-2)12(9-11)17(19)20/h7-10H,3-6H2,1-2H3,(H,16,18). The molecule has 0 heterocycles. The molecule has 21 heavy (non-hydrogen) atoms. The van der Waals surface area contributed by atoms with Crippen LogP contribution in [0.4, 0.5) is 5.69 Å². The second-order valence-electron chi connectivity index (χ2n) is 4.44. The highest BCUT2D eigenvalue weighted by atomic mass is 16.6. The van der Waals surface area contributed by atoms with Crippen LogP contribution in [0.2, 0.25) is 0 Å². The number of ether oxygens (including phenoxy) is 1. The maximum atomic E-state index is 11.4. The van der Waals surface area contributed by atoms with Gasteiger partial charge in [-0.15, -0.1) is 0 Å². The molecular formula is C14H19N3O4. The molecule has 1 aromatic rings. The second-order valence-corrected chi connectivity index (χ2v) is 4.44. The van der Waals surface area contributed by atoms with Crippen LogP contribution in [0, 0.1) is 10.1 Å². The molecule has 0 bridgehead atoms. The Morgan fingerprint density at radius 1 is 1.48 bits per heavy atom. The zero-order valence-electron chi connectivity index (χ0n) is 12.2. The van der Waals surface area contributed by atoms with Crippen molar-refractivity contribution in [2.75, 3.05) is 7.11 Å². The lowest BCUT2D eigenvalue weighted by Gasteiger charge is -2.02. The summed E-state index contributed by atoms with van der Waals surface area (Å²) in [4.78, 5) is 21.8. The summed E-state index contributed by atoms with van der Waals surface area (Å²) >= 11 is 0. The van der Waals surface area contributed by atoms with E-state index < -0.39 is 4.92 Å². The van der Waals surface area contributed by atoms with Crippen LogP contribution in [0.25, 0.3) is 0 Å². The van der Waals surface area contributed by atoms with E-state index in [0.29, 0.717) is 12.0 Å². The Morgan fingerprint density at radius 3 is 2.86 bits per heavy atom. The molecular weight excluding hydrogens is 274 g/mol. The number of carbonyl (C=O) groups is 1. The Kier molecular flexibility index (Phi) is 6.86. The molecule has 0 saturated carbocycles. The number of nitro benzene ring substituents is 1. The average molecular weight is 293 g/mol. The molecule has 0 radical (unpaired) electrons. The fraction of sp³-hybridized carbons (Fsp3) is 0.429. The SMILES string of the molecule is CCCCCC(=O)NN=Cc1ccc(OC)c([N+](=O)[O-])c1. The monoisotopic (exact) mass is 293 g/mol. The first-order valence-corrected chi connectivity index (χ1v) is 6.72. The van der Waals surface area contributed by atoms with Crippen LogP contribution in [-0.4, -0.2) is 24.2 Å². The van der Waals surface area contributed by atoms with Crippen molar-refractivity contribution in [3.63, 3.8) is 0 Å². The molecule has 1 rings (SSSR count). The smallest absolute Gasteiger partial charge is 0.311 e. The van der Waals surface area contributed by atoms with E-state index in [-0.39, 0.29) is 17.3 Å². The van der Waals surface area contributed by atoms with Crippen LogP contribution in [0.5, 0.6) is 5.75 Å². The molecule has 0 unspecified atom stereocenters. The number of rotatable bonds is 8. The van der Waals surface area contributed by atoms with Gasteiger partial charge in [0.2, 0.25) is 5.91 Å². The van der Waals surface area contributed by atoms with Crippen molar-refractivity contribution in [3.05, 3.63) is 33.9 Å². The van der Waals surface area contributed by atoms with Crippen molar-refractivity contribution in [1.29, 1.82) is 0 Å². The predicted octanol–water partition coefficient (Wildman–Crippen LogP) is 2.63. The first-order chi connectivity index (χ1) is 10.1. The number of hydrogen-bond donors (Lipinski definition) is 1. The van der Waals surface area contributed by atoms with Gasteiger partial charge in [0.25, 0.3) is 0 Å². The molecule has 0 atom stereocenters. The molecule has 0 aromatic heterocycles. The summed E-state index contributed by atoms with van der Waals surface area (Å²) in [5.74, 6) is 0.0171. The van der Waals surface area contributed by atoms with Crippen molar-refractivity contribution < 1.29 is 14.5 Å². The Balaban J connectivity index is 2.62. The highest BCUT2D eigenvalue weighted by Crippen LogP contribution is 2.26. The first-order valence-electron chi connectivity index (χ1n) is 6.72. The van der Waals surface area contributed by atoms with Gasteiger partial charge >= 0.3 is 5.69 Å². The average Bonchev–Trinajstić information content (AvgIpc) is 2.47. The number of nitrogens with one attached hydrogen (secondary N) is 1. The maximum absolute atomic E-state index is 11.4. The van der Waals surface area contributed by atoms with Gasteiger partial charge < -0.3 is 4.74 Å². The number of benzene rings is 1. The normalized spacial score (nSPS) is 10.6. The van der Waals surface area contributed by atoms with E-state index in [2.05, 4.69) is 17.5 Å². The topological polar surface area (TPSA) is 93.8 Å². The number of hydrazone groups is 1. The molecule has 1 N–H and O–H groups in total. The van der Waals surface area contributed by atoms with Crippen LogP contribution in [0.1, 0.15) is 38.2 Å². The fourth-order valence-electron chi connectivity index (χ4n) is 1.70. The summed E-state index contributed by atoms with van der Waals surface area (Å²) in [6, 6.07) is 4.45. The highest BCUT2D eigenvalue weighted by Gasteiger charge is 2.14. The van der Waals surface area contributed by atoms with Gasteiger partial charge in [-0.05, 0) is 18.6 Å². The van der Waals surface area contributed by atoms with Gasteiger partial charge in [0, 0.05) is 18.1 Å². The summed E-state index contributed by atoms with van der Waals surface area (Å²) in [7, 11) is 1.37. The molecule has 0 spiro atoms. The Labute approximate surface area is 123 Å². The van der Waals surface area contributed by atoms with Crippen LogP contribution in [-0.2, 0) is 4.79 Å². The number of unbranched alkanes of at least 4 members (excludes halogenated alkanes) is 2. The zero-order valence-corrected chi connectivity index (χ0v) is 12.2. The minimum absolute atomic E-state index is 0.143. The molecule has 0 aliphatic heterocycles. The number of nitrogens with zero attached hydrogens (tertiary/aromatic N) is 2. The number of methoxy groups -OCH3 is 1. The molecule has 7 heteroatoms. The number of carbonyl (C=O) groups excluding carboxylic acids is 1. The molecule has 0 fully saturated rings. The van der Waals surface area contributed by atoms with Gasteiger partial charge in [0.1, 0.15) is 0 Å². The second kappa shape index (κ2) is 8.68. The van der Waals surface area contributed by atoms with Gasteiger partial charge in [0.15, 0.2) is 5.75 Å². The summed E-state index contributed by atoms with van der Waals surface area (Å²) in [6.07, 6.45) is 4.66. The van der Waals surface area contributed by atoms with E-state index in [1.165, 1.54) is 25.5 Å². The van der Waals surface area contributed by atoms with Crippen molar-refractivity contribution in [2.24, 2.45) is 5.10 Å². The molecule has 0 saturated heterocycles. The third-order valence-corrected chi connectivity index (χ3v) is 2.81. The fourth-order valence-corrected chi connectivity index (χ4v) is 1.70. The third kappa shape index (κ3) is 5.60. The lowest BCUT2D eigenvalue weighted by Crippen LogP contribution is -2.16. The Bertz CT molecular complexity index is 529. The minimum Gasteiger partial charge on any atom is -0.490 e. The summed E-state index contributed by atoms with van der Waals surface area (Å²) in [6.45, 7) is 2.06. The lowest BCUT2D eigenvalue weighted by atomic mass is 10.2. The van der Waals surface area contributed by atoms with Crippen molar-refractivity contribution >= 4 is 17.8 Å². The van der Waals surface area contributed by atoms with E-state index in [9.17, 15) is 14.9 Å². The quantitative estimate of drug-likeness (QED) is 0.345. The number of amides is 1. The Morgan fingerprint density at radius 2 is 2.24 bits per heavy atom. The van der Waals surface area contributed by atoms with Crippen LogP contribution in [0.15, 0.2) is 23.3 Å². The van der Waals surface area contributed by atoms with Crippen molar-refractivity contribution in [1.82, 2.24) is 5.43 Å². The van der Waals surface area contributed by atoms with Crippen molar-refractivity contribution in [3.8, 4) is 5.75 Å². The summed E-state index contributed by atoms with van der Waals surface area (Å²) < 4.78 is 4.90. The van der Waals surface area contributed by atoms with Crippen LogP contribution in [0.3, 0.4) is 0 Å². The van der Waals surface area contributed by atoms with Gasteiger partial charge in [-0.2, -0.15) is 5.10 Å². The van der Waals surface area contributed by atoms with Crippen LogP contribution >= 0.6 is 0 Å². The number of nitro groups is 1. The summed E-state index contributed by atoms with van der Waals surface area (Å²) in [5.41, 5.74) is 2.76. The van der Waals surface area contributed by atoms with E-state index >= 15 is 0 Å². The molecule has 1 amide bonds. The predicted molar refractivity (Wildman–Crippen MR) is 79.5 cm³/mol. The van der Waals surface area contributed by atoms with E-state index in [1.54, 1.807) is 6.07 Å². The van der Waals surface area contributed by atoms with E-state index in [0.717, 1.165) is 19.3 Å². The molecule has 0 aliphatic carbocycles. The largest absolute Gasteiger partial charge is 0.490 e. The maximum Gasteiger partial charge on any atom is 0.311 e. The molecule has 0 aliphatic rings. The van der Waals surface area contributed by atoms with E-state index in [1.807, 2.05) is 0 Å². The Hall–Kier alpha value is -2.44. The summed E-state index contributed by atoms with van der Waals surface area (Å²) in [5, 5.41) is 14.7. The highest BCUT2D eigenvalue weighted by molar-refractivity contribution is 5.83. The molecule has 114 valence electrons. The first kappa shape index (κ1) is 16.6.